The van der Waals surface area contributed by atoms with Crippen LogP contribution in [0.25, 0.3) is 0 Å². The van der Waals surface area contributed by atoms with Crippen molar-refractivity contribution >= 4 is 11.9 Å². The van der Waals surface area contributed by atoms with Crippen molar-refractivity contribution in [1.82, 2.24) is 15.2 Å². The van der Waals surface area contributed by atoms with Crippen molar-refractivity contribution in [2.24, 2.45) is 5.41 Å². The quantitative estimate of drug-likeness (QED) is 0.862. The topological polar surface area (TPSA) is 82.5 Å². The van der Waals surface area contributed by atoms with E-state index in [0.29, 0.717) is 19.5 Å². The molecule has 6 heteroatoms. The number of nitrogens with one attached hydrogen (secondary N) is 1. The minimum absolute atomic E-state index is 0.152. The van der Waals surface area contributed by atoms with Crippen LogP contribution < -0.4 is 5.32 Å². The molecule has 2 N–H and O–H groups in total. The molecule has 0 radical (unpaired) electrons. The molecule has 6 nitrogen and oxygen atoms in total. The average molecular weight is 319 g/mol. The zero-order valence-corrected chi connectivity index (χ0v) is 14.2. The molecular formula is C17H25N3O3. The van der Waals surface area contributed by atoms with Crippen molar-refractivity contribution in [1.29, 1.82) is 0 Å². The predicted molar refractivity (Wildman–Crippen MR) is 86.7 cm³/mol. The van der Waals surface area contributed by atoms with Crippen molar-refractivity contribution in [3.8, 4) is 0 Å². The highest BCUT2D eigenvalue weighted by Gasteiger charge is 2.54. The van der Waals surface area contributed by atoms with Crippen LogP contribution in [0.4, 0.5) is 0 Å². The average Bonchev–Trinajstić information content (AvgIpc) is 2.85. The van der Waals surface area contributed by atoms with E-state index in [9.17, 15) is 14.7 Å². The second kappa shape index (κ2) is 6.28. The molecule has 2 atom stereocenters. The van der Waals surface area contributed by atoms with Crippen LogP contribution in [0.3, 0.4) is 0 Å². The third-order valence-corrected chi connectivity index (χ3v) is 4.88. The van der Waals surface area contributed by atoms with Crippen molar-refractivity contribution in [2.75, 3.05) is 6.54 Å². The number of carbonyl (C=O) groups excluding carboxylic acids is 1. The van der Waals surface area contributed by atoms with Crippen LogP contribution in [0.2, 0.25) is 0 Å². The number of amides is 1. The van der Waals surface area contributed by atoms with Gasteiger partial charge in [0.15, 0.2) is 0 Å². The smallest absolute Gasteiger partial charge is 0.329 e. The molecule has 1 aromatic rings. The van der Waals surface area contributed by atoms with E-state index >= 15 is 0 Å². The van der Waals surface area contributed by atoms with Crippen LogP contribution in [-0.2, 0) is 16.1 Å². The van der Waals surface area contributed by atoms with Crippen LogP contribution in [-0.4, -0.2) is 45.0 Å². The molecule has 0 aliphatic carbocycles. The maximum atomic E-state index is 12.7. The first-order valence-corrected chi connectivity index (χ1v) is 7.86. The largest absolute Gasteiger partial charge is 0.479 e. The number of carboxylic acid groups (broad SMARTS) is 1. The molecule has 1 fully saturated rings. The Kier molecular flexibility index (Phi) is 4.75. The zero-order valence-electron chi connectivity index (χ0n) is 14.2. The summed E-state index contributed by atoms with van der Waals surface area (Å²) in [6, 6.07) is 5.26. The number of rotatable bonds is 5. The lowest BCUT2D eigenvalue weighted by atomic mass is 9.73. The number of aromatic nitrogens is 1. The molecule has 0 saturated carbocycles. The second-order valence-corrected chi connectivity index (χ2v) is 7.16. The standard InChI is InChI=1S/C17H25N3O3/c1-16(2,3)17(4,15(22)23)20-10-8-13(14(20)21)19-11-12-7-5-6-9-18-12/h5-7,9,13,19H,8,10-11H2,1-4H3,(H,22,23)/t13-,17+/m0/s1. The Labute approximate surface area is 136 Å². The van der Waals surface area contributed by atoms with Crippen LogP contribution in [0.1, 0.15) is 39.8 Å². The zero-order chi connectivity index (χ0) is 17.3. The van der Waals surface area contributed by atoms with Gasteiger partial charge < -0.3 is 15.3 Å². The molecule has 2 rings (SSSR count). The molecule has 23 heavy (non-hydrogen) atoms. The number of likely N-dealkylation sites (tertiary alicyclic amines) is 1. The van der Waals surface area contributed by atoms with Crippen LogP contribution in [0, 0.1) is 5.41 Å². The Morgan fingerprint density at radius 2 is 2.09 bits per heavy atom. The van der Waals surface area contributed by atoms with Gasteiger partial charge >= 0.3 is 5.97 Å². The van der Waals surface area contributed by atoms with Gasteiger partial charge in [0.1, 0.15) is 5.54 Å². The van der Waals surface area contributed by atoms with Crippen LogP contribution in [0.5, 0.6) is 0 Å². The molecule has 1 aliphatic rings. The molecule has 0 spiro atoms. The van der Waals surface area contributed by atoms with E-state index in [1.54, 1.807) is 13.1 Å². The Morgan fingerprint density at radius 1 is 1.39 bits per heavy atom. The van der Waals surface area contributed by atoms with Crippen molar-refractivity contribution in [3.63, 3.8) is 0 Å². The number of aliphatic carboxylic acids is 1. The summed E-state index contributed by atoms with van der Waals surface area (Å²) in [5.41, 5.74) is -0.939. The molecule has 0 aromatic carbocycles. The number of pyridine rings is 1. The summed E-state index contributed by atoms with van der Waals surface area (Å²) in [5.74, 6) is -1.12. The summed E-state index contributed by atoms with van der Waals surface area (Å²) in [4.78, 5) is 30.3. The molecular weight excluding hydrogens is 294 g/mol. The lowest BCUT2D eigenvalue weighted by Gasteiger charge is -2.45. The molecule has 1 saturated heterocycles. The maximum Gasteiger partial charge on any atom is 0.329 e. The first-order valence-electron chi connectivity index (χ1n) is 7.86. The normalized spacial score (nSPS) is 21.3. The van der Waals surface area contributed by atoms with Crippen LogP contribution in [0.15, 0.2) is 24.4 Å². The summed E-state index contributed by atoms with van der Waals surface area (Å²) >= 11 is 0. The number of carbonyl (C=O) groups is 2. The highest BCUT2D eigenvalue weighted by Crippen LogP contribution is 2.38. The van der Waals surface area contributed by atoms with E-state index in [1.165, 1.54) is 4.90 Å². The van der Waals surface area contributed by atoms with Gasteiger partial charge in [0.25, 0.3) is 0 Å². The molecule has 1 aromatic heterocycles. The molecule has 126 valence electrons. The minimum atomic E-state index is -1.23. The Morgan fingerprint density at radius 3 is 2.61 bits per heavy atom. The fourth-order valence-corrected chi connectivity index (χ4v) is 2.88. The summed E-state index contributed by atoms with van der Waals surface area (Å²) in [7, 11) is 0. The van der Waals surface area contributed by atoms with Crippen molar-refractivity contribution < 1.29 is 14.7 Å². The van der Waals surface area contributed by atoms with Crippen molar-refractivity contribution in [3.05, 3.63) is 30.1 Å². The van der Waals surface area contributed by atoms with Gasteiger partial charge in [-0.3, -0.25) is 9.78 Å². The van der Waals surface area contributed by atoms with Gasteiger partial charge in [-0.1, -0.05) is 26.8 Å². The molecule has 2 heterocycles. The number of hydrogen-bond donors (Lipinski definition) is 2. The highest BCUT2D eigenvalue weighted by molar-refractivity contribution is 5.91. The minimum Gasteiger partial charge on any atom is -0.479 e. The fraction of sp³-hybridized carbons (Fsp3) is 0.588. The van der Waals surface area contributed by atoms with Gasteiger partial charge in [0.2, 0.25) is 5.91 Å². The molecule has 1 amide bonds. The lowest BCUT2D eigenvalue weighted by Crippen LogP contribution is -2.61. The van der Waals surface area contributed by atoms with E-state index in [4.69, 9.17) is 0 Å². The summed E-state index contributed by atoms with van der Waals surface area (Å²) in [5, 5.41) is 12.9. The highest BCUT2D eigenvalue weighted by atomic mass is 16.4. The first kappa shape index (κ1) is 17.4. The van der Waals surface area contributed by atoms with E-state index < -0.39 is 16.9 Å². The van der Waals surface area contributed by atoms with E-state index in [0.717, 1.165) is 5.69 Å². The van der Waals surface area contributed by atoms with Gasteiger partial charge in [-0.2, -0.15) is 0 Å². The predicted octanol–water partition coefficient (Wildman–Crippen LogP) is 1.66. The van der Waals surface area contributed by atoms with Crippen molar-refractivity contribution in [2.45, 2.75) is 52.2 Å². The lowest BCUT2D eigenvalue weighted by molar-refractivity contribution is -0.164. The second-order valence-electron chi connectivity index (χ2n) is 7.16. The Hall–Kier alpha value is -1.95. The summed E-state index contributed by atoms with van der Waals surface area (Å²) < 4.78 is 0. The van der Waals surface area contributed by atoms with Gasteiger partial charge in [-0.25, -0.2) is 4.79 Å². The summed E-state index contributed by atoms with van der Waals surface area (Å²) in [6.45, 7) is 8.12. The molecule has 0 unspecified atom stereocenters. The van der Waals surface area contributed by atoms with Gasteiger partial charge in [0, 0.05) is 19.3 Å². The molecule has 0 bridgehead atoms. The third kappa shape index (κ3) is 3.22. The third-order valence-electron chi connectivity index (χ3n) is 4.88. The van der Waals surface area contributed by atoms with Gasteiger partial charge in [-0.15, -0.1) is 0 Å². The van der Waals surface area contributed by atoms with E-state index in [2.05, 4.69) is 10.3 Å². The Bertz CT molecular complexity index is 582. The first-order chi connectivity index (χ1) is 10.7. The van der Waals surface area contributed by atoms with Gasteiger partial charge in [0.05, 0.1) is 11.7 Å². The SMILES string of the molecule is CC(C)(C)[C@@](C)(C(=O)O)N1CC[C@H](NCc2ccccn2)C1=O. The number of hydrogen-bond acceptors (Lipinski definition) is 4. The molecule has 1 aliphatic heterocycles. The van der Waals surface area contributed by atoms with Crippen LogP contribution >= 0.6 is 0 Å². The fourth-order valence-electron chi connectivity index (χ4n) is 2.88. The monoisotopic (exact) mass is 319 g/mol. The Balaban J connectivity index is 2.10. The maximum absolute atomic E-state index is 12.7. The van der Waals surface area contributed by atoms with E-state index in [-0.39, 0.29) is 11.9 Å². The number of nitrogens with zero attached hydrogens (tertiary/aromatic N) is 2. The van der Waals surface area contributed by atoms with E-state index in [1.807, 2.05) is 39.0 Å². The number of carboxylic acids is 1. The van der Waals surface area contributed by atoms with Gasteiger partial charge in [-0.05, 0) is 30.9 Å². The summed E-state index contributed by atoms with van der Waals surface area (Å²) in [6.07, 6.45) is 2.31.